The summed E-state index contributed by atoms with van der Waals surface area (Å²) in [5.74, 6) is 1.93. The summed E-state index contributed by atoms with van der Waals surface area (Å²) in [6.45, 7) is 6.15. The van der Waals surface area contributed by atoms with Crippen LogP contribution >= 0.6 is 11.8 Å². The molecule has 3 saturated carbocycles. The number of aliphatic hydroxyl groups excluding tert-OH is 1. The molecule has 4 rings (SSSR count). The van der Waals surface area contributed by atoms with E-state index in [2.05, 4.69) is 19.9 Å². The van der Waals surface area contributed by atoms with Gasteiger partial charge in [0.15, 0.2) is 10.9 Å². The molecule has 0 unspecified atom stereocenters. The molecule has 138 valence electrons. The molecule has 0 aliphatic heterocycles. The number of allylic oxidation sites excluding steroid dienone is 1. The zero-order valence-electron chi connectivity index (χ0n) is 15.6. The Bertz CT molecular complexity index is 641. The molecule has 7 atom stereocenters. The number of Topliss-reactive ketones (excluding diaryl/α,β-unsaturated/α-hetero) is 1. The van der Waals surface area contributed by atoms with Crippen molar-refractivity contribution >= 4 is 22.7 Å². The van der Waals surface area contributed by atoms with Crippen LogP contribution in [0.3, 0.4) is 0 Å². The molecule has 0 aromatic heterocycles. The van der Waals surface area contributed by atoms with E-state index in [-0.39, 0.29) is 27.3 Å². The third-order valence-electron chi connectivity index (χ3n) is 8.10. The fourth-order valence-corrected chi connectivity index (χ4v) is 7.79. The maximum atomic E-state index is 13.1. The Morgan fingerprint density at radius 1 is 1.20 bits per heavy atom. The lowest BCUT2D eigenvalue weighted by Crippen LogP contribution is -2.50. The van der Waals surface area contributed by atoms with Crippen molar-refractivity contribution in [3.63, 3.8) is 0 Å². The van der Waals surface area contributed by atoms with Gasteiger partial charge in [0, 0.05) is 12.3 Å². The SMILES string of the molecule is CC(=O)S[C@H]1C[C@H]2[C@@H]3CC=C4C[C@@H](O)CC[C@]4(C)[C@H]3CC[C@]2(C)C1=O. The number of hydrogen-bond donors (Lipinski definition) is 1. The summed E-state index contributed by atoms with van der Waals surface area (Å²) < 4.78 is 0. The topological polar surface area (TPSA) is 54.4 Å². The third kappa shape index (κ3) is 2.58. The van der Waals surface area contributed by atoms with Crippen molar-refractivity contribution in [2.45, 2.75) is 77.1 Å². The predicted octanol–water partition coefficient (Wildman–Crippen LogP) is 4.14. The van der Waals surface area contributed by atoms with E-state index in [1.807, 2.05) is 0 Å². The standard InChI is InChI=1S/C21H30O3S/c1-12(22)25-18-11-17-15-5-4-13-10-14(23)6-8-20(13,2)16(15)7-9-21(17,3)19(18)24/h4,14-18,23H,5-11H2,1-3H3/t14-,15+,16-,17-,18-,20-,21-/m0/s1. The number of fused-ring (bicyclic) bond motifs is 5. The molecular formula is C21H30O3S. The second-order valence-electron chi connectivity index (χ2n) is 9.31. The number of carbonyl (C=O) groups excluding carboxylic acids is 2. The predicted molar refractivity (Wildman–Crippen MR) is 100 cm³/mol. The zero-order valence-corrected chi connectivity index (χ0v) is 16.4. The lowest BCUT2D eigenvalue weighted by atomic mass is 9.48. The molecule has 3 nitrogen and oxygen atoms in total. The summed E-state index contributed by atoms with van der Waals surface area (Å²) in [5.41, 5.74) is 1.44. The maximum absolute atomic E-state index is 13.1. The average Bonchev–Trinajstić information content (AvgIpc) is 2.79. The molecule has 0 amide bonds. The molecule has 1 N–H and O–H groups in total. The molecule has 0 saturated heterocycles. The number of thioether (sulfide) groups is 1. The van der Waals surface area contributed by atoms with Crippen molar-refractivity contribution in [1.82, 2.24) is 0 Å². The minimum atomic E-state index is -0.232. The highest BCUT2D eigenvalue weighted by molar-refractivity contribution is 8.14. The van der Waals surface area contributed by atoms with Crippen LogP contribution < -0.4 is 0 Å². The number of rotatable bonds is 1. The van der Waals surface area contributed by atoms with Crippen LogP contribution in [0.25, 0.3) is 0 Å². The summed E-state index contributed by atoms with van der Waals surface area (Å²) in [6.07, 6.45) is 9.05. The summed E-state index contributed by atoms with van der Waals surface area (Å²) in [7, 11) is 0. The smallest absolute Gasteiger partial charge is 0.186 e. The highest BCUT2D eigenvalue weighted by Crippen LogP contribution is 2.64. The lowest BCUT2D eigenvalue weighted by Gasteiger charge is -2.56. The Balaban J connectivity index is 1.64. The van der Waals surface area contributed by atoms with Gasteiger partial charge in [-0.2, -0.15) is 0 Å². The van der Waals surface area contributed by atoms with Crippen LogP contribution in [0.15, 0.2) is 11.6 Å². The van der Waals surface area contributed by atoms with Gasteiger partial charge in [0.25, 0.3) is 0 Å². The highest BCUT2D eigenvalue weighted by Gasteiger charge is 2.61. The van der Waals surface area contributed by atoms with E-state index in [0.717, 1.165) is 44.9 Å². The molecule has 4 aliphatic rings. The Labute approximate surface area is 155 Å². The first-order chi connectivity index (χ1) is 11.8. The summed E-state index contributed by atoms with van der Waals surface area (Å²) in [6, 6.07) is 0. The fourth-order valence-electron chi connectivity index (χ4n) is 6.71. The maximum Gasteiger partial charge on any atom is 0.186 e. The van der Waals surface area contributed by atoms with E-state index in [1.165, 1.54) is 17.3 Å². The number of hydrogen-bond acceptors (Lipinski definition) is 4. The van der Waals surface area contributed by atoms with Crippen LogP contribution in [0.2, 0.25) is 0 Å². The first-order valence-corrected chi connectivity index (χ1v) is 10.7. The number of ketones is 1. The van der Waals surface area contributed by atoms with Crippen molar-refractivity contribution in [3.05, 3.63) is 11.6 Å². The van der Waals surface area contributed by atoms with Crippen LogP contribution in [0.5, 0.6) is 0 Å². The Hall–Kier alpha value is -0.610. The van der Waals surface area contributed by atoms with Gasteiger partial charge in [-0.05, 0) is 68.1 Å². The van der Waals surface area contributed by atoms with Crippen LogP contribution in [-0.2, 0) is 9.59 Å². The van der Waals surface area contributed by atoms with E-state index < -0.39 is 0 Å². The van der Waals surface area contributed by atoms with Gasteiger partial charge in [-0.25, -0.2) is 0 Å². The summed E-state index contributed by atoms with van der Waals surface area (Å²) in [4.78, 5) is 24.6. The van der Waals surface area contributed by atoms with Crippen molar-refractivity contribution in [2.75, 3.05) is 0 Å². The molecular weight excluding hydrogens is 332 g/mol. The van der Waals surface area contributed by atoms with Gasteiger partial charge < -0.3 is 5.11 Å². The average molecular weight is 363 g/mol. The van der Waals surface area contributed by atoms with E-state index in [4.69, 9.17) is 0 Å². The van der Waals surface area contributed by atoms with Crippen LogP contribution in [-0.4, -0.2) is 27.4 Å². The first kappa shape index (κ1) is 17.8. The second kappa shape index (κ2) is 5.95. The summed E-state index contributed by atoms with van der Waals surface area (Å²) in [5, 5.41) is 10.0. The van der Waals surface area contributed by atoms with E-state index in [1.54, 1.807) is 6.92 Å². The van der Waals surface area contributed by atoms with Crippen LogP contribution in [0.1, 0.15) is 65.7 Å². The zero-order chi connectivity index (χ0) is 18.0. The van der Waals surface area contributed by atoms with Crippen molar-refractivity contribution in [1.29, 1.82) is 0 Å². The molecule has 0 spiro atoms. The van der Waals surface area contributed by atoms with E-state index in [9.17, 15) is 14.7 Å². The second-order valence-corrected chi connectivity index (χ2v) is 10.7. The highest BCUT2D eigenvalue weighted by atomic mass is 32.2. The molecule has 3 fully saturated rings. The monoisotopic (exact) mass is 362 g/mol. The van der Waals surface area contributed by atoms with Crippen LogP contribution in [0.4, 0.5) is 0 Å². The Morgan fingerprint density at radius 2 is 1.92 bits per heavy atom. The fraction of sp³-hybridized carbons (Fsp3) is 0.810. The first-order valence-electron chi connectivity index (χ1n) is 9.85. The lowest BCUT2D eigenvalue weighted by molar-refractivity contribution is -0.131. The third-order valence-corrected chi connectivity index (χ3v) is 9.12. The van der Waals surface area contributed by atoms with Gasteiger partial charge in [0.1, 0.15) is 0 Å². The van der Waals surface area contributed by atoms with Crippen molar-refractivity contribution in [2.24, 2.45) is 28.6 Å². The van der Waals surface area contributed by atoms with Gasteiger partial charge in [-0.1, -0.05) is 37.3 Å². The largest absolute Gasteiger partial charge is 0.393 e. The molecule has 4 aliphatic carbocycles. The van der Waals surface area contributed by atoms with Gasteiger partial charge in [0.05, 0.1) is 11.4 Å². The molecule has 0 aromatic rings. The van der Waals surface area contributed by atoms with Gasteiger partial charge in [-0.3, -0.25) is 9.59 Å². The molecule has 4 heteroatoms. The van der Waals surface area contributed by atoms with Gasteiger partial charge in [0.2, 0.25) is 0 Å². The number of aliphatic hydroxyl groups is 1. The molecule has 25 heavy (non-hydrogen) atoms. The summed E-state index contributed by atoms with van der Waals surface area (Å²) >= 11 is 1.26. The van der Waals surface area contributed by atoms with Gasteiger partial charge in [-0.15, -0.1) is 0 Å². The van der Waals surface area contributed by atoms with Gasteiger partial charge >= 0.3 is 0 Å². The van der Waals surface area contributed by atoms with Crippen molar-refractivity contribution in [3.8, 4) is 0 Å². The Kier molecular flexibility index (Phi) is 4.23. The minimum absolute atomic E-state index is 0.0659. The molecule has 0 bridgehead atoms. The quantitative estimate of drug-likeness (QED) is 0.712. The minimum Gasteiger partial charge on any atom is -0.393 e. The normalized spacial score (nSPS) is 49.0. The molecule has 0 aromatic carbocycles. The van der Waals surface area contributed by atoms with E-state index in [0.29, 0.717) is 23.5 Å². The van der Waals surface area contributed by atoms with E-state index >= 15 is 0 Å². The Morgan fingerprint density at radius 3 is 2.64 bits per heavy atom. The van der Waals surface area contributed by atoms with Crippen LogP contribution in [0, 0.1) is 28.6 Å². The molecule has 0 heterocycles. The van der Waals surface area contributed by atoms with Crippen molar-refractivity contribution < 1.29 is 14.7 Å². The molecule has 0 radical (unpaired) electrons. The number of carbonyl (C=O) groups is 2.